The van der Waals surface area contributed by atoms with Crippen molar-refractivity contribution in [3.05, 3.63) is 23.8 Å². The maximum absolute atomic E-state index is 12.4. The molecule has 1 aliphatic carbocycles. The first-order valence-corrected chi connectivity index (χ1v) is 8.34. The molecule has 0 aliphatic heterocycles. The van der Waals surface area contributed by atoms with Gasteiger partial charge in [-0.15, -0.1) is 0 Å². The third-order valence-electron chi connectivity index (χ3n) is 4.02. The maximum Gasteiger partial charge on any atom is 0.230 e. The minimum absolute atomic E-state index is 0.139. The highest BCUT2D eigenvalue weighted by atomic mass is 79.9. The van der Waals surface area contributed by atoms with Gasteiger partial charge in [-0.05, 0) is 38.0 Å². The number of ether oxygens (including phenoxy) is 1. The van der Waals surface area contributed by atoms with Gasteiger partial charge in [-0.3, -0.25) is 4.79 Å². The Kier molecular flexibility index (Phi) is 5.08. The molecule has 0 saturated heterocycles. The van der Waals surface area contributed by atoms with E-state index in [0.29, 0.717) is 11.9 Å². The van der Waals surface area contributed by atoms with Crippen LogP contribution in [-0.4, -0.2) is 12.5 Å². The van der Waals surface area contributed by atoms with E-state index in [1.165, 1.54) is 0 Å². The normalized spacial score (nSPS) is 16.9. The average molecular weight is 340 g/mol. The van der Waals surface area contributed by atoms with Crippen molar-refractivity contribution < 1.29 is 9.53 Å². The molecule has 3 nitrogen and oxygen atoms in total. The fourth-order valence-corrected chi connectivity index (χ4v) is 3.16. The SMILES string of the molecule is CCOc1ccc(NC(=O)C2(C)CCCC2)cc1CBr. The second kappa shape index (κ2) is 6.61. The van der Waals surface area contributed by atoms with E-state index in [1.807, 2.05) is 25.1 Å². The molecule has 2 rings (SSSR count). The van der Waals surface area contributed by atoms with E-state index in [0.717, 1.165) is 42.7 Å². The summed E-state index contributed by atoms with van der Waals surface area (Å²) in [6.07, 6.45) is 4.28. The Labute approximate surface area is 129 Å². The average Bonchev–Trinajstić information content (AvgIpc) is 2.89. The Morgan fingerprint density at radius 1 is 1.40 bits per heavy atom. The molecule has 1 aliphatic rings. The van der Waals surface area contributed by atoms with Gasteiger partial charge in [0.1, 0.15) is 5.75 Å². The molecule has 1 amide bonds. The lowest BCUT2D eigenvalue weighted by Gasteiger charge is -2.22. The highest BCUT2D eigenvalue weighted by molar-refractivity contribution is 9.08. The molecule has 1 saturated carbocycles. The number of carbonyl (C=O) groups excluding carboxylic acids is 1. The lowest BCUT2D eigenvalue weighted by Crippen LogP contribution is -2.30. The molecule has 20 heavy (non-hydrogen) atoms. The summed E-state index contributed by atoms with van der Waals surface area (Å²) in [5.41, 5.74) is 1.70. The predicted molar refractivity (Wildman–Crippen MR) is 85.4 cm³/mol. The van der Waals surface area contributed by atoms with Gasteiger partial charge in [0.05, 0.1) is 6.61 Å². The standard InChI is InChI=1S/C16H22BrNO2/c1-3-20-14-7-6-13(10-12(14)11-17)18-15(19)16(2)8-4-5-9-16/h6-7,10H,3-5,8-9,11H2,1-2H3,(H,18,19). The minimum atomic E-state index is -0.201. The second-order valence-corrected chi connectivity index (χ2v) is 6.17. The first kappa shape index (κ1) is 15.4. The predicted octanol–water partition coefficient (Wildman–Crippen LogP) is 4.50. The van der Waals surface area contributed by atoms with Crippen LogP contribution in [0, 0.1) is 5.41 Å². The number of amides is 1. The molecule has 0 radical (unpaired) electrons. The molecule has 1 aromatic carbocycles. The fourth-order valence-electron chi connectivity index (χ4n) is 2.72. The molecule has 0 atom stereocenters. The molecule has 0 spiro atoms. The van der Waals surface area contributed by atoms with Crippen LogP contribution < -0.4 is 10.1 Å². The fraction of sp³-hybridized carbons (Fsp3) is 0.562. The zero-order valence-corrected chi connectivity index (χ0v) is 13.8. The molecule has 4 heteroatoms. The number of benzene rings is 1. The smallest absolute Gasteiger partial charge is 0.230 e. The highest BCUT2D eigenvalue weighted by Crippen LogP contribution is 2.38. The third-order valence-corrected chi connectivity index (χ3v) is 4.62. The van der Waals surface area contributed by atoms with Crippen LogP contribution in [0.5, 0.6) is 5.75 Å². The minimum Gasteiger partial charge on any atom is -0.494 e. The van der Waals surface area contributed by atoms with Crippen molar-refractivity contribution >= 4 is 27.5 Å². The number of halogens is 1. The van der Waals surface area contributed by atoms with Crippen LogP contribution in [0.15, 0.2) is 18.2 Å². The molecule has 0 heterocycles. The van der Waals surface area contributed by atoms with Gasteiger partial charge in [0.15, 0.2) is 0 Å². The van der Waals surface area contributed by atoms with Crippen molar-refractivity contribution in [2.24, 2.45) is 5.41 Å². The third kappa shape index (κ3) is 3.35. The Bertz CT molecular complexity index is 481. The maximum atomic E-state index is 12.4. The van der Waals surface area contributed by atoms with Crippen molar-refractivity contribution in [1.29, 1.82) is 0 Å². The van der Waals surface area contributed by atoms with Gasteiger partial charge in [0.2, 0.25) is 5.91 Å². The Hall–Kier alpha value is -1.03. The second-order valence-electron chi connectivity index (χ2n) is 5.61. The number of carbonyl (C=O) groups is 1. The van der Waals surface area contributed by atoms with Gasteiger partial charge < -0.3 is 10.1 Å². The first-order chi connectivity index (χ1) is 9.59. The van der Waals surface area contributed by atoms with E-state index < -0.39 is 0 Å². The largest absolute Gasteiger partial charge is 0.494 e. The van der Waals surface area contributed by atoms with Crippen LogP contribution in [-0.2, 0) is 10.1 Å². The number of hydrogen-bond donors (Lipinski definition) is 1. The van der Waals surface area contributed by atoms with Gasteiger partial charge in [-0.1, -0.05) is 35.7 Å². The van der Waals surface area contributed by atoms with E-state index in [-0.39, 0.29) is 11.3 Å². The summed E-state index contributed by atoms with van der Waals surface area (Å²) < 4.78 is 5.56. The van der Waals surface area contributed by atoms with Gasteiger partial charge >= 0.3 is 0 Å². The summed E-state index contributed by atoms with van der Waals surface area (Å²) in [6, 6.07) is 5.82. The number of anilines is 1. The van der Waals surface area contributed by atoms with Crippen LogP contribution in [0.25, 0.3) is 0 Å². The molecule has 0 bridgehead atoms. The number of nitrogens with one attached hydrogen (secondary N) is 1. The summed E-state index contributed by atoms with van der Waals surface area (Å²) in [7, 11) is 0. The summed E-state index contributed by atoms with van der Waals surface area (Å²) in [4.78, 5) is 12.4. The summed E-state index contributed by atoms with van der Waals surface area (Å²) in [6.45, 7) is 4.67. The van der Waals surface area contributed by atoms with E-state index >= 15 is 0 Å². The van der Waals surface area contributed by atoms with Crippen molar-refractivity contribution in [3.63, 3.8) is 0 Å². The number of hydrogen-bond acceptors (Lipinski definition) is 2. The Morgan fingerprint density at radius 2 is 2.10 bits per heavy atom. The summed E-state index contributed by atoms with van der Waals surface area (Å²) in [5, 5.41) is 3.76. The zero-order valence-electron chi connectivity index (χ0n) is 12.2. The van der Waals surface area contributed by atoms with Crippen molar-refractivity contribution in [3.8, 4) is 5.75 Å². The van der Waals surface area contributed by atoms with Crippen molar-refractivity contribution in [2.45, 2.75) is 44.9 Å². The Morgan fingerprint density at radius 3 is 2.70 bits per heavy atom. The lowest BCUT2D eigenvalue weighted by molar-refractivity contribution is -0.124. The van der Waals surface area contributed by atoms with Gasteiger partial charge in [0.25, 0.3) is 0 Å². The molecular formula is C16H22BrNO2. The molecular weight excluding hydrogens is 318 g/mol. The van der Waals surface area contributed by atoms with Gasteiger partial charge in [0, 0.05) is 22.0 Å². The number of rotatable bonds is 5. The summed E-state index contributed by atoms with van der Waals surface area (Å²) >= 11 is 3.46. The van der Waals surface area contributed by atoms with Gasteiger partial charge in [-0.25, -0.2) is 0 Å². The zero-order chi connectivity index (χ0) is 14.6. The first-order valence-electron chi connectivity index (χ1n) is 7.22. The molecule has 0 unspecified atom stereocenters. The van der Waals surface area contributed by atoms with Crippen LogP contribution in [0.3, 0.4) is 0 Å². The van der Waals surface area contributed by atoms with E-state index in [1.54, 1.807) is 0 Å². The molecule has 1 fully saturated rings. The van der Waals surface area contributed by atoms with Crippen LogP contribution in [0.2, 0.25) is 0 Å². The van der Waals surface area contributed by atoms with Crippen molar-refractivity contribution in [2.75, 3.05) is 11.9 Å². The van der Waals surface area contributed by atoms with Crippen LogP contribution in [0.1, 0.15) is 45.1 Å². The summed E-state index contributed by atoms with van der Waals surface area (Å²) in [5.74, 6) is 1.01. The molecule has 1 N–H and O–H groups in total. The van der Waals surface area contributed by atoms with Gasteiger partial charge in [-0.2, -0.15) is 0 Å². The molecule has 110 valence electrons. The molecule has 1 aromatic rings. The molecule has 0 aromatic heterocycles. The topological polar surface area (TPSA) is 38.3 Å². The van der Waals surface area contributed by atoms with Crippen LogP contribution >= 0.6 is 15.9 Å². The van der Waals surface area contributed by atoms with Crippen LogP contribution in [0.4, 0.5) is 5.69 Å². The van der Waals surface area contributed by atoms with E-state index in [9.17, 15) is 4.79 Å². The Balaban J connectivity index is 2.11. The quantitative estimate of drug-likeness (QED) is 0.802. The monoisotopic (exact) mass is 339 g/mol. The van der Waals surface area contributed by atoms with E-state index in [4.69, 9.17) is 4.74 Å². The van der Waals surface area contributed by atoms with Crippen molar-refractivity contribution in [1.82, 2.24) is 0 Å². The number of alkyl halides is 1. The highest BCUT2D eigenvalue weighted by Gasteiger charge is 2.36. The lowest BCUT2D eigenvalue weighted by atomic mass is 9.88. The van der Waals surface area contributed by atoms with E-state index in [2.05, 4.69) is 28.2 Å².